The summed E-state index contributed by atoms with van der Waals surface area (Å²) in [6.45, 7) is 2.63. The molecule has 20 heavy (non-hydrogen) atoms. The van der Waals surface area contributed by atoms with Crippen LogP contribution >= 0.6 is 27.5 Å². The molecule has 0 saturated heterocycles. The SMILES string of the molecule is Cc1nn(C)c(Cl)c1CC(CN)Cc1cccc(Br)c1. The van der Waals surface area contributed by atoms with E-state index in [1.54, 1.807) is 4.68 Å². The van der Waals surface area contributed by atoms with E-state index in [-0.39, 0.29) is 0 Å². The van der Waals surface area contributed by atoms with Gasteiger partial charge in [0.2, 0.25) is 0 Å². The molecule has 1 atom stereocenters. The maximum atomic E-state index is 6.30. The molecule has 0 radical (unpaired) electrons. The monoisotopic (exact) mass is 355 g/mol. The van der Waals surface area contributed by atoms with Crippen molar-refractivity contribution in [2.24, 2.45) is 18.7 Å². The maximum absolute atomic E-state index is 6.30. The van der Waals surface area contributed by atoms with Crippen molar-refractivity contribution in [1.82, 2.24) is 9.78 Å². The lowest BCUT2D eigenvalue weighted by Crippen LogP contribution is -2.19. The molecule has 1 heterocycles. The van der Waals surface area contributed by atoms with E-state index < -0.39 is 0 Å². The molecular weight excluding hydrogens is 338 g/mol. The quantitative estimate of drug-likeness (QED) is 0.891. The molecule has 1 unspecified atom stereocenters. The summed E-state index contributed by atoms with van der Waals surface area (Å²) in [5.74, 6) is 0.365. The van der Waals surface area contributed by atoms with E-state index in [9.17, 15) is 0 Å². The van der Waals surface area contributed by atoms with Crippen molar-refractivity contribution < 1.29 is 0 Å². The molecule has 0 aliphatic carbocycles. The fourth-order valence-electron chi connectivity index (χ4n) is 2.43. The van der Waals surface area contributed by atoms with Crippen LogP contribution in [0.2, 0.25) is 5.15 Å². The van der Waals surface area contributed by atoms with Gasteiger partial charge in [-0.1, -0.05) is 39.7 Å². The molecule has 108 valence electrons. The molecule has 0 saturated carbocycles. The van der Waals surface area contributed by atoms with Gasteiger partial charge in [0.25, 0.3) is 0 Å². The number of halogens is 2. The van der Waals surface area contributed by atoms with Gasteiger partial charge in [0.05, 0.1) is 5.69 Å². The van der Waals surface area contributed by atoms with E-state index in [2.05, 4.69) is 39.2 Å². The van der Waals surface area contributed by atoms with E-state index in [1.165, 1.54) is 5.56 Å². The van der Waals surface area contributed by atoms with Crippen LogP contribution in [0.15, 0.2) is 28.7 Å². The van der Waals surface area contributed by atoms with Crippen molar-refractivity contribution in [1.29, 1.82) is 0 Å². The number of hydrogen-bond acceptors (Lipinski definition) is 2. The maximum Gasteiger partial charge on any atom is 0.130 e. The van der Waals surface area contributed by atoms with Crippen molar-refractivity contribution in [2.45, 2.75) is 19.8 Å². The molecule has 0 aliphatic rings. The summed E-state index contributed by atoms with van der Waals surface area (Å²) in [6, 6.07) is 8.35. The average molecular weight is 357 g/mol. The number of aryl methyl sites for hydroxylation is 2. The highest BCUT2D eigenvalue weighted by molar-refractivity contribution is 9.10. The Morgan fingerprint density at radius 2 is 2.15 bits per heavy atom. The summed E-state index contributed by atoms with van der Waals surface area (Å²) in [6.07, 6.45) is 1.81. The number of nitrogens with zero attached hydrogens (tertiary/aromatic N) is 2. The first kappa shape index (κ1) is 15.5. The van der Waals surface area contributed by atoms with E-state index in [0.29, 0.717) is 12.5 Å². The highest BCUT2D eigenvalue weighted by atomic mass is 79.9. The standard InChI is InChI=1S/C15H19BrClN3/c1-10-14(15(17)20(2)19-10)8-12(9-18)6-11-4-3-5-13(16)7-11/h3-5,7,12H,6,8-9,18H2,1-2H3. The molecule has 2 aromatic rings. The first-order chi connectivity index (χ1) is 9.51. The molecule has 1 aromatic carbocycles. The zero-order valence-corrected chi connectivity index (χ0v) is 14.1. The number of benzene rings is 1. The molecule has 0 amide bonds. The van der Waals surface area contributed by atoms with Gasteiger partial charge in [-0.05, 0) is 49.9 Å². The Morgan fingerprint density at radius 1 is 1.40 bits per heavy atom. The average Bonchev–Trinajstić information content (AvgIpc) is 2.64. The summed E-state index contributed by atoms with van der Waals surface area (Å²) in [7, 11) is 1.87. The van der Waals surface area contributed by atoms with Gasteiger partial charge in [0.15, 0.2) is 0 Å². The second-order valence-electron chi connectivity index (χ2n) is 5.12. The zero-order valence-electron chi connectivity index (χ0n) is 11.7. The molecule has 2 N–H and O–H groups in total. The van der Waals surface area contributed by atoms with Gasteiger partial charge in [-0.3, -0.25) is 4.68 Å². The Balaban J connectivity index is 2.13. The van der Waals surface area contributed by atoms with Gasteiger partial charge in [-0.15, -0.1) is 0 Å². The summed E-state index contributed by atoms with van der Waals surface area (Å²) in [5, 5.41) is 5.07. The molecule has 0 aliphatic heterocycles. The predicted octanol–water partition coefficient (Wildman–Crippen LogP) is 3.50. The van der Waals surface area contributed by atoms with E-state index in [4.69, 9.17) is 17.3 Å². The Morgan fingerprint density at radius 3 is 2.70 bits per heavy atom. The Labute approximate surface area is 133 Å². The van der Waals surface area contributed by atoms with E-state index in [0.717, 1.165) is 33.7 Å². The third kappa shape index (κ3) is 3.62. The van der Waals surface area contributed by atoms with Crippen molar-refractivity contribution in [3.63, 3.8) is 0 Å². The van der Waals surface area contributed by atoms with Crippen LogP contribution in [-0.2, 0) is 19.9 Å². The lowest BCUT2D eigenvalue weighted by molar-refractivity contribution is 0.532. The topological polar surface area (TPSA) is 43.8 Å². The van der Waals surface area contributed by atoms with Gasteiger partial charge in [0.1, 0.15) is 5.15 Å². The van der Waals surface area contributed by atoms with Crippen molar-refractivity contribution in [3.05, 3.63) is 50.7 Å². The number of hydrogen-bond donors (Lipinski definition) is 1. The lowest BCUT2D eigenvalue weighted by Gasteiger charge is -2.15. The molecule has 3 nitrogen and oxygen atoms in total. The van der Waals surface area contributed by atoms with Gasteiger partial charge < -0.3 is 5.73 Å². The normalized spacial score (nSPS) is 12.7. The number of rotatable bonds is 5. The first-order valence-electron chi connectivity index (χ1n) is 6.63. The second-order valence-corrected chi connectivity index (χ2v) is 6.39. The van der Waals surface area contributed by atoms with Crippen molar-refractivity contribution in [2.75, 3.05) is 6.54 Å². The molecule has 0 fully saturated rings. The second kappa shape index (κ2) is 6.74. The summed E-state index contributed by atoms with van der Waals surface area (Å²) >= 11 is 9.80. The molecule has 0 bridgehead atoms. The van der Waals surface area contributed by atoms with Crippen LogP contribution in [0.3, 0.4) is 0 Å². The lowest BCUT2D eigenvalue weighted by atomic mass is 9.93. The van der Waals surface area contributed by atoms with Crippen LogP contribution in [0.25, 0.3) is 0 Å². The molecule has 0 spiro atoms. The van der Waals surface area contributed by atoms with E-state index in [1.807, 2.05) is 20.0 Å². The third-order valence-electron chi connectivity index (χ3n) is 3.51. The van der Waals surface area contributed by atoms with Gasteiger partial charge >= 0.3 is 0 Å². The summed E-state index contributed by atoms with van der Waals surface area (Å²) in [5.41, 5.74) is 9.32. The zero-order chi connectivity index (χ0) is 14.7. The molecule has 5 heteroatoms. The van der Waals surface area contributed by atoms with Gasteiger partial charge in [0, 0.05) is 17.1 Å². The van der Waals surface area contributed by atoms with Crippen LogP contribution < -0.4 is 5.73 Å². The predicted molar refractivity (Wildman–Crippen MR) is 87.0 cm³/mol. The van der Waals surface area contributed by atoms with Crippen molar-refractivity contribution >= 4 is 27.5 Å². The smallest absolute Gasteiger partial charge is 0.130 e. The highest BCUT2D eigenvalue weighted by Crippen LogP contribution is 2.24. The minimum absolute atomic E-state index is 0.365. The van der Waals surface area contributed by atoms with E-state index >= 15 is 0 Å². The Hall–Kier alpha value is -0.840. The molecule has 1 aromatic heterocycles. The van der Waals surface area contributed by atoms with Crippen LogP contribution in [0, 0.1) is 12.8 Å². The van der Waals surface area contributed by atoms with Crippen molar-refractivity contribution in [3.8, 4) is 0 Å². The minimum atomic E-state index is 0.365. The highest BCUT2D eigenvalue weighted by Gasteiger charge is 2.16. The van der Waals surface area contributed by atoms with Crippen LogP contribution in [0.4, 0.5) is 0 Å². The fraction of sp³-hybridized carbons (Fsp3) is 0.400. The van der Waals surface area contributed by atoms with Gasteiger partial charge in [-0.25, -0.2) is 0 Å². The third-order valence-corrected chi connectivity index (χ3v) is 4.48. The minimum Gasteiger partial charge on any atom is -0.330 e. The molecular formula is C15H19BrClN3. The number of nitrogens with two attached hydrogens (primary N) is 1. The Bertz CT molecular complexity index is 595. The van der Waals surface area contributed by atoms with Crippen LogP contribution in [0.1, 0.15) is 16.8 Å². The largest absolute Gasteiger partial charge is 0.330 e. The fourth-order valence-corrected chi connectivity index (χ4v) is 3.13. The molecule has 2 rings (SSSR count). The van der Waals surface area contributed by atoms with Gasteiger partial charge in [-0.2, -0.15) is 5.10 Å². The Kier molecular flexibility index (Phi) is 5.24. The summed E-state index contributed by atoms with van der Waals surface area (Å²) < 4.78 is 2.82. The number of aromatic nitrogens is 2. The van der Waals surface area contributed by atoms with Crippen LogP contribution in [-0.4, -0.2) is 16.3 Å². The first-order valence-corrected chi connectivity index (χ1v) is 7.80. The summed E-state index contributed by atoms with van der Waals surface area (Å²) in [4.78, 5) is 0. The van der Waals surface area contributed by atoms with Crippen LogP contribution in [0.5, 0.6) is 0 Å².